The normalized spacial score (nSPS) is 12.3. The van der Waals surface area contributed by atoms with Gasteiger partial charge in [-0.05, 0) is 51.0 Å². The SMILES string of the molecule is Cc1ccc(N(CC(=O)N(Cc2ccccc2)[C@@H](C)C(=O)NC(C)C)S(C)(=O)=O)cc1Cl. The van der Waals surface area contributed by atoms with Crippen LogP contribution >= 0.6 is 11.6 Å². The van der Waals surface area contributed by atoms with Crippen molar-refractivity contribution in [2.45, 2.75) is 46.3 Å². The minimum atomic E-state index is -3.79. The molecule has 2 aromatic carbocycles. The number of aryl methyl sites for hydroxylation is 1. The zero-order chi connectivity index (χ0) is 24.1. The molecule has 0 aliphatic carbocycles. The molecule has 0 heterocycles. The first-order valence-corrected chi connectivity index (χ1v) is 12.5. The number of benzene rings is 2. The van der Waals surface area contributed by atoms with Crippen molar-refractivity contribution >= 4 is 39.1 Å². The monoisotopic (exact) mass is 479 g/mol. The highest BCUT2D eigenvalue weighted by Gasteiger charge is 2.30. The van der Waals surface area contributed by atoms with Crippen LogP contribution in [-0.4, -0.2) is 50.0 Å². The number of sulfonamides is 1. The predicted octanol–water partition coefficient (Wildman–Crippen LogP) is 3.36. The zero-order valence-electron chi connectivity index (χ0n) is 19.0. The smallest absolute Gasteiger partial charge is 0.244 e. The highest BCUT2D eigenvalue weighted by Crippen LogP contribution is 2.25. The maximum atomic E-state index is 13.4. The first-order valence-electron chi connectivity index (χ1n) is 10.3. The second-order valence-corrected chi connectivity index (χ2v) is 10.4. The third kappa shape index (κ3) is 6.97. The summed E-state index contributed by atoms with van der Waals surface area (Å²) in [6, 6.07) is 13.2. The van der Waals surface area contributed by atoms with Crippen molar-refractivity contribution in [3.8, 4) is 0 Å². The fourth-order valence-corrected chi connectivity index (χ4v) is 4.13. The van der Waals surface area contributed by atoms with Gasteiger partial charge in [-0.25, -0.2) is 8.42 Å². The Hall–Kier alpha value is -2.58. The number of carbonyl (C=O) groups excluding carboxylic acids is 2. The summed E-state index contributed by atoms with van der Waals surface area (Å²) in [5.74, 6) is -0.809. The van der Waals surface area contributed by atoms with Gasteiger partial charge < -0.3 is 10.2 Å². The van der Waals surface area contributed by atoms with E-state index in [2.05, 4.69) is 5.32 Å². The maximum Gasteiger partial charge on any atom is 0.244 e. The van der Waals surface area contributed by atoms with Crippen molar-refractivity contribution in [3.63, 3.8) is 0 Å². The van der Waals surface area contributed by atoms with Crippen LogP contribution in [0, 0.1) is 6.92 Å². The number of amides is 2. The first kappa shape index (κ1) is 25.7. The fraction of sp³-hybridized carbons (Fsp3) is 0.391. The molecule has 0 bridgehead atoms. The molecule has 0 radical (unpaired) electrons. The molecule has 1 atom stereocenters. The van der Waals surface area contributed by atoms with E-state index in [0.717, 1.165) is 21.7 Å². The van der Waals surface area contributed by atoms with Crippen molar-refractivity contribution in [2.24, 2.45) is 0 Å². The Balaban J connectivity index is 2.38. The molecule has 1 N–H and O–H groups in total. The molecule has 32 heavy (non-hydrogen) atoms. The van der Waals surface area contributed by atoms with E-state index in [-0.39, 0.29) is 24.2 Å². The molecule has 0 aliphatic rings. The number of halogens is 1. The van der Waals surface area contributed by atoms with E-state index < -0.39 is 28.5 Å². The van der Waals surface area contributed by atoms with Crippen LogP contribution in [0.1, 0.15) is 31.9 Å². The topological polar surface area (TPSA) is 86.8 Å². The minimum absolute atomic E-state index is 0.0964. The molecular formula is C23H30ClN3O4S. The van der Waals surface area contributed by atoms with Gasteiger partial charge in [0.05, 0.1) is 11.9 Å². The molecule has 9 heteroatoms. The lowest BCUT2D eigenvalue weighted by molar-refractivity contribution is -0.139. The second-order valence-electron chi connectivity index (χ2n) is 8.05. The summed E-state index contributed by atoms with van der Waals surface area (Å²) in [5, 5.41) is 3.21. The van der Waals surface area contributed by atoms with Crippen molar-refractivity contribution < 1.29 is 18.0 Å². The molecule has 2 rings (SSSR count). The van der Waals surface area contributed by atoms with E-state index in [1.54, 1.807) is 26.0 Å². The van der Waals surface area contributed by atoms with E-state index in [1.165, 1.54) is 11.0 Å². The Kier molecular flexibility index (Phi) is 8.69. The summed E-state index contributed by atoms with van der Waals surface area (Å²) in [5.41, 5.74) is 1.91. The van der Waals surface area contributed by atoms with Gasteiger partial charge in [0.2, 0.25) is 21.8 Å². The van der Waals surface area contributed by atoms with Crippen LogP contribution in [0.25, 0.3) is 0 Å². The Morgan fingerprint density at radius 2 is 1.69 bits per heavy atom. The average Bonchev–Trinajstić information content (AvgIpc) is 2.71. The standard InChI is InChI=1S/C23H30ClN3O4S/c1-16(2)25-23(29)18(4)26(14-19-9-7-6-8-10-19)22(28)15-27(32(5,30)31)20-12-11-17(3)21(24)13-20/h6-13,16,18H,14-15H2,1-5H3,(H,25,29)/t18-/m0/s1. The third-order valence-electron chi connectivity index (χ3n) is 4.92. The highest BCUT2D eigenvalue weighted by atomic mass is 35.5. The second kappa shape index (κ2) is 10.8. The molecule has 0 saturated carbocycles. The van der Waals surface area contributed by atoms with E-state index in [9.17, 15) is 18.0 Å². The molecule has 7 nitrogen and oxygen atoms in total. The number of hydrogen-bond donors (Lipinski definition) is 1. The van der Waals surface area contributed by atoms with Crippen molar-refractivity contribution in [1.29, 1.82) is 0 Å². The van der Waals surface area contributed by atoms with Crippen LogP contribution < -0.4 is 9.62 Å². The summed E-state index contributed by atoms with van der Waals surface area (Å²) >= 11 is 6.19. The Morgan fingerprint density at radius 3 is 2.22 bits per heavy atom. The number of rotatable bonds is 9. The number of hydrogen-bond acceptors (Lipinski definition) is 4. The van der Waals surface area contributed by atoms with Gasteiger partial charge in [0.15, 0.2) is 0 Å². The Morgan fingerprint density at radius 1 is 1.06 bits per heavy atom. The largest absolute Gasteiger partial charge is 0.352 e. The molecule has 174 valence electrons. The van der Waals surface area contributed by atoms with Gasteiger partial charge in [-0.1, -0.05) is 48.0 Å². The van der Waals surface area contributed by atoms with Gasteiger partial charge in [-0.3, -0.25) is 13.9 Å². The van der Waals surface area contributed by atoms with Gasteiger partial charge >= 0.3 is 0 Å². The minimum Gasteiger partial charge on any atom is -0.352 e. The molecule has 0 aliphatic heterocycles. The van der Waals surface area contributed by atoms with Crippen molar-refractivity contribution in [3.05, 3.63) is 64.7 Å². The highest BCUT2D eigenvalue weighted by molar-refractivity contribution is 7.92. The molecule has 0 fully saturated rings. The lowest BCUT2D eigenvalue weighted by atomic mass is 10.1. The van der Waals surface area contributed by atoms with Gasteiger partial charge in [-0.2, -0.15) is 0 Å². The number of carbonyl (C=O) groups is 2. The Bertz CT molecular complexity index is 1060. The van der Waals surface area contributed by atoms with Crippen molar-refractivity contribution in [2.75, 3.05) is 17.1 Å². The van der Waals surface area contributed by atoms with Crippen LogP contribution in [0.4, 0.5) is 5.69 Å². The molecular weight excluding hydrogens is 450 g/mol. The summed E-state index contributed by atoms with van der Waals surface area (Å²) in [6.07, 6.45) is 1.03. The average molecular weight is 480 g/mol. The van der Waals surface area contributed by atoms with Gasteiger partial charge in [0.25, 0.3) is 0 Å². The van der Waals surface area contributed by atoms with Crippen LogP contribution in [-0.2, 0) is 26.2 Å². The van der Waals surface area contributed by atoms with Gasteiger partial charge in [-0.15, -0.1) is 0 Å². The zero-order valence-corrected chi connectivity index (χ0v) is 20.6. The van der Waals surface area contributed by atoms with E-state index in [1.807, 2.05) is 44.2 Å². The number of nitrogens with zero attached hydrogens (tertiary/aromatic N) is 2. The maximum absolute atomic E-state index is 13.4. The molecule has 2 amide bonds. The summed E-state index contributed by atoms with van der Waals surface area (Å²) in [4.78, 5) is 27.4. The van der Waals surface area contributed by atoms with E-state index in [4.69, 9.17) is 11.6 Å². The molecule has 0 unspecified atom stereocenters. The summed E-state index contributed by atoms with van der Waals surface area (Å²) in [6.45, 7) is 6.81. The molecule has 2 aromatic rings. The van der Waals surface area contributed by atoms with Gasteiger partial charge in [0.1, 0.15) is 12.6 Å². The fourth-order valence-electron chi connectivity index (χ4n) is 3.12. The summed E-state index contributed by atoms with van der Waals surface area (Å²) < 4.78 is 26.1. The van der Waals surface area contributed by atoms with Crippen LogP contribution in [0.2, 0.25) is 5.02 Å². The van der Waals surface area contributed by atoms with E-state index >= 15 is 0 Å². The van der Waals surface area contributed by atoms with Crippen LogP contribution in [0.15, 0.2) is 48.5 Å². The van der Waals surface area contributed by atoms with Gasteiger partial charge in [0, 0.05) is 17.6 Å². The molecule has 0 spiro atoms. The number of nitrogens with one attached hydrogen (secondary N) is 1. The van der Waals surface area contributed by atoms with E-state index in [0.29, 0.717) is 5.02 Å². The predicted molar refractivity (Wildman–Crippen MR) is 128 cm³/mol. The molecule has 0 aromatic heterocycles. The molecule has 0 saturated heterocycles. The summed E-state index contributed by atoms with van der Waals surface area (Å²) in [7, 11) is -3.79. The third-order valence-corrected chi connectivity index (χ3v) is 6.46. The first-order chi connectivity index (χ1) is 14.9. The lowest BCUT2D eigenvalue weighted by Gasteiger charge is -2.32. The van der Waals surface area contributed by atoms with Crippen molar-refractivity contribution in [1.82, 2.24) is 10.2 Å². The Labute approximate surface area is 195 Å². The van der Waals surface area contributed by atoms with Crippen LogP contribution in [0.5, 0.6) is 0 Å². The van der Waals surface area contributed by atoms with Crippen LogP contribution in [0.3, 0.4) is 0 Å². The lowest BCUT2D eigenvalue weighted by Crippen LogP contribution is -2.52. The quantitative estimate of drug-likeness (QED) is 0.597. The number of anilines is 1.